The number of nitrogens with one attached hydrogen (secondary N) is 1. The number of hydrogen-bond donors (Lipinski definition) is 2. The second-order valence-electron chi connectivity index (χ2n) is 3.75. The predicted octanol–water partition coefficient (Wildman–Crippen LogP) is 4.00. The highest BCUT2D eigenvalue weighted by atomic mass is 35.5. The first-order chi connectivity index (χ1) is 9.00. The summed E-state index contributed by atoms with van der Waals surface area (Å²) in [5, 5.41) is 2.94. The smallest absolute Gasteiger partial charge is 0.149 e. The summed E-state index contributed by atoms with van der Waals surface area (Å²) < 4.78 is 27.1. The molecule has 0 radical (unpaired) electrons. The number of benzene rings is 2. The van der Waals surface area contributed by atoms with Gasteiger partial charge in [0.2, 0.25) is 0 Å². The van der Waals surface area contributed by atoms with Crippen molar-refractivity contribution in [3.63, 3.8) is 0 Å². The standard InChI is InChI=1S/C13H9ClF2N2S/c14-7-3-1-6-10(11(7)13(17)19)18-12-8(15)4-2-5-9(12)16/h1-6,18H,(H2,17,19). The van der Waals surface area contributed by atoms with Crippen molar-refractivity contribution in [2.24, 2.45) is 5.73 Å². The van der Waals surface area contributed by atoms with Gasteiger partial charge in [-0.2, -0.15) is 0 Å². The van der Waals surface area contributed by atoms with Gasteiger partial charge in [-0.15, -0.1) is 0 Å². The van der Waals surface area contributed by atoms with Crippen LogP contribution in [-0.4, -0.2) is 4.99 Å². The summed E-state index contributed by atoms with van der Waals surface area (Å²) in [6, 6.07) is 8.39. The van der Waals surface area contributed by atoms with Crippen LogP contribution in [0.15, 0.2) is 36.4 Å². The normalized spacial score (nSPS) is 10.3. The van der Waals surface area contributed by atoms with Gasteiger partial charge in [0.15, 0.2) is 0 Å². The molecule has 0 aliphatic heterocycles. The van der Waals surface area contributed by atoms with E-state index in [1.54, 1.807) is 18.2 Å². The summed E-state index contributed by atoms with van der Waals surface area (Å²) in [6.45, 7) is 0. The highest BCUT2D eigenvalue weighted by Crippen LogP contribution is 2.29. The monoisotopic (exact) mass is 298 g/mol. The first-order valence-electron chi connectivity index (χ1n) is 5.30. The Morgan fingerprint density at radius 1 is 1.11 bits per heavy atom. The highest BCUT2D eigenvalue weighted by molar-refractivity contribution is 7.80. The van der Waals surface area contributed by atoms with Crippen LogP contribution in [0.4, 0.5) is 20.2 Å². The fourth-order valence-electron chi connectivity index (χ4n) is 1.63. The summed E-state index contributed by atoms with van der Waals surface area (Å²) in [5.74, 6) is -1.43. The van der Waals surface area contributed by atoms with Gasteiger partial charge < -0.3 is 11.1 Å². The minimum atomic E-state index is -0.714. The van der Waals surface area contributed by atoms with E-state index in [2.05, 4.69) is 5.32 Å². The predicted molar refractivity (Wildman–Crippen MR) is 77.0 cm³/mol. The lowest BCUT2D eigenvalue weighted by atomic mass is 10.1. The van der Waals surface area contributed by atoms with E-state index in [0.717, 1.165) is 12.1 Å². The second kappa shape index (κ2) is 5.50. The van der Waals surface area contributed by atoms with Gasteiger partial charge in [0.25, 0.3) is 0 Å². The van der Waals surface area contributed by atoms with Crippen LogP contribution >= 0.6 is 23.8 Å². The summed E-state index contributed by atoms with van der Waals surface area (Å²) in [4.78, 5) is 0.0462. The minimum absolute atomic E-state index is 0.0462. The lowest BCUT2D eigenvalue weighted by Gasteiger charge is -2.13. The zero-order chi connectivity index (χ0) is 14.0. The molecule has 0 bridgehead atoms. The van der Waals surface area contributed by atoms with E-state index in [4.69, 9.17) is 29.6 Å². The van der Waals surface area contributed by atoms with Gasteiger partial charge >= 0.3 is 0 Å². The molecule has 0 aliphatic rings. The Bertz CT molecular complexity index is 626. The average Bonchev–Trinajstić information content (AvgIpc) is 2.33. The maximum Gasteiger partial charge on any atom is 0.149 e. The largest absolute Gasteiger partial charge is 0.389 e. The van der Waals surface area contributed by atoms with Crippen molar-refractivity contribution in [1.29, 1.82) is 0 Å². The van der Waals surface area contributed by atoms with E-state index in [1.807, 2.05) is 0 Å². The highest BCUT2D eigenvalue weighted by Gasteiger charge is 2.14. The minimum Gasteiger partial charge on any atom is -0.389 e. The average molecular weight is 299 g/mol. The van der Waals surface area contributed by atoms with Gasteiger partial charge in [-0.3, -0.25) is 0 Å². The molecule has 0 heterocycles. The first-order valence-corrected chi connectivity index (χ1v) is 6.08. The molecule has 0 atom stereocenters. The van der Waals surface area contributed by atoms with Crippen molar-refractivity contribution in [2.45, 2.75) is 0 Å². The molecule has 3 N–H and O–H groups in total. The van der Waals surface area contributed by atoms with Gasteiger partial charge in [-0.25, -0.2) is 8.78 Å². The van der Waals surface area contributed by atoms with E-state index in [9.17, 15) is 8.78 Å². The summed E-state index contributed by atoms with van der Waals surface area (Å²) >= 11 is 10.9. The number of para-hydroxylation sites is 1. The number of anilines is 2. The topological polar surface area (TPSA) is 38.0 Å². The third-order valence-corrected chi connectivity index (χ3v) is 3.00. The number of nitrogens with two attached hydrogens (primary N) is 1. The number of hydrogen-bond acceptors (Lipinski definition) is 2. The van der Waals surface area contributed by atoms with Crippen molar-refractivity contribution in [3.8, 4) is 0 Å². The Labute approximate surface area is 119 Å². The Morgan fingerprint density at radius 2 is 1.68 bits per heavy atom. The first kappa shape index (κ1) is 13.7. The lowest BCUT2D eigenvalue weighted by Crippen LogP contribution is -2.13. The Morgan fingerprint density at radius 3 is 2.26 bits per heavy atom. The molecular weight excluding hydrogens is 290 g/mol. The third kappa shape index (κ3) is 2.83. The molecule has 0 saturated carbocycles. The van der Waals surface area contributed by atoms with Crippen LogP contribution < -0.4 is 11.1 Å². The molecule has 6 heteroatoms. The van der Waals surface area contributed by atoms with Crippen LogP contribution in [0.1, 0.15) is 5.56 Å². The molecule has 0 spiro atoms. The van der Waals surface area contributed by atoms with E-state index in [-0.39, 0.29) is 10.7 Å². The summed E-state index contributed by atoms with van der Waals surface area (Å²) in [7, 11) is 0. The van der Waals surface area contributed by atoms with Crippen LogP contribution in [0.2, 0.25) is 5.02 Å². The zero-order valence-corrected chi connectivity index (χ0v) is 11.2. The van der Waals surface area contributed by atoms with Crippen LogP contribution in [0.25, 0.3) is 0 Å². The SMILES string of the molecule is NC(=S)c1c(Cl)cccc1Nc1c(F)cccc1F. The molecular formula is C13H9ClF2N2S. The second-order valence-corrected chi connectivity index (χ2v) is 4.60. The van der Waals surface area contributed by atoms with E-state index >= 15 is 0 Å². The summed E-state index contributed by atoms with van der Waals surface area (Å²) in [6.07, 6.45) is 0. The molecule has 19 heavy (non-hydrogen) atoms. The van der Waals surface area contributed by atoms with Crippen LogP contribution in [0.3, 0.4) is 0 Å². The van der Waals surface area contributed by atoms with Gasteiger partial charge in [-0.05, 0) is 24.3 Å². The van der Waals surface area contributed by atoms with Gasteiger partial charge in [-0.1, -0.05) is 36.0 Å². The van der Waals surface area contributed by atoms with Crippen molar-refractivity contribution in [3.05, 3.63) is 58.6 Å². The van der Waals surface area contributed by atoms with Gasteiger partial charge in [0, 0.05) is 0 Å². The molecule has 2 aromatic rings. The molecule has 0 saturated heterocycles. The van der Waals surface area contributed by atoms with Crippen LogP contribution in [-0.2, 0) is 0 Å². The van der Waals surface area contributed by atoms with Crippen molar-refractivity contribution >= 4 is 40.2 Å². The molecule has 98 valence electrons. The van der Waals surface area contributed by atoms with Crippen molar-refractivity contribution < 1.29 is 8.78 Å². The zero-order valence-electron chi connectivity index (χ0n) is 9.58. The molecule has 2 rings (SSSR count). The van der Waals surface area contributed by atoms with Gasteiger partial charge in [0.05, 0.1) is 16.3 Å². The number of thiocarbonyl (C=S) groups is 1. The molecule has 0 fully saturated rings. The molecule has 0 aromatic heterocycles. The van der Waals surface area contributed by atoms with E-state index in [1.165, 1.54) is 6.07 Å². The Balaban J connectivity index is 2.50. The van der Waals surface area contributed by atoms with E-state index in [0.29, 0.717) is 16.3 Å². The molecule has 0 aliphatic carbocycles. The maximum absolute atomic E-state index is 13.6. The molecule has 0 amide bonds. The Hall–Kier alpha value is -1.72. The quantitative estimate of drug-likeness (QED) is 0.841. The number of rotatable bonds is 3. The number of halogens is 3. The molecule has 2 aromatic carbocycles. The van der Waals surface area contributed by atoms with E-state index < -0.39 is 11.6 Å². The Kier molecular flexibility index (Phi) is 3.97. The summed E-state index contributed by atoms with van der Waals surface area (Å²) in [5.41, 5.74) is 5.99. The van der Waals surface area contributed by atoms with Crippen LogP contribution in [0, 0.1) is 11.6 Å². The van der Waals surface area contributed by atoms with Crippen LogP contribution in [0.5, 0.6) is 0 Å². The maximum atomic E-state index is 13.6. The van der Waals surface area contributed by atoms with Crippen molar-refractivity contribution in [1.82, 2.24) is 0 Å². The fraction of sp³-hybridized carbons (Fsp3) is 0. The molecule has 0 unspecified atom stereocenters. The third-order valence-electron chi connectivity index (χ3n) is 2.48. The fourth-order valence-corrected chi connectivity index (χ4v) is 2.18. The lowest BCUT2D eigenvalue weighted by molar-refractivity contribution is 0.591. The van der Waals surface area contributed by atoms with Crippen molar-refractivity contribution in [2.75, 3.05) is 5.32 Å². The molecule has 2 nitrogen and oxygen atoms in total. The van der Waals surface area contributed by atoms with Gasteiger partial charge in [0.1, 0.15) is 22.3 Å².